The number of anilines is 1. The molecule has 0 bridgehead atoms. The Bertz CT molecular complexity index is 565. The number of aryl methyl sites for hydroxylation is 1. The Morgan fingerprint density at radius 3 is 3.00 bits per heavy atom. The van der Waals surface area contributed by atoms with E-state index in [1.165, 1.54) is 0 Å². The number of nitrogens with zero attached hydrogens (tertiary/aromatic N) is 1. The summed E-state index contributed by atoms with van der Waals surface area (Å²) in [7, 11) is 1.79. The Labute approximate surface area is 125 Å². The third-order valence-corrected chi connectivity index (χ3v) is 3.86. The molecule has 5 heteroatoms. The van der Waals surface area contributed by atoms with Crippen LogP contribution in [-0.4, -0.2) is 25.1 Å². The molecule has 0 saturated carbocycles. The molecule has 0 saturated heterocycles. The van der Waals surface area contributed by atoms with Gasteiger partial charge in [0.15, 0.2) is 0 Å². The lowest BCUT2D eigenvalue weighted by Gasteiger charge is -2.21. The summed E-state index contributed by atoms with van der Waals surface area (Å²) in [6, 6.07) is 8.00. The summed E-state index contributed by atoms with van der Waals surface area (Å²) in [5, 5.41) is 14.9. The van der Waals surface area contributed by atoms with Gasteiger partial charge in [-0.2, -0.15) is 5.26 Å². The molecule has 0 aromatic heterocycles. The number of hydrogen-bond acceptors (Lipinski definition) is 4. The van der Waals surface area contributed by atoms with Crippen molar-refractivity contribution < 1.29 is 9.53 Å². The van der Waals surface area contributed by atoms with Crippen molar-refractivity contribution in [2.24, 2.45) is 0 Å². The SMILES string of the molecule is CNC(C)(C#N)CCCOc1ccc2c(c1)CCC(=O)N2. The van der Waals surface area contributed by atoms with Crippen LogP contribution in [0.5, 0.6) is 5.75 Å². The molecule has 5 nitrogen and oxygen atoms in total. The second kappa shape index (κ2) is 6.59. The molecule has 1 aliphatic heterocycles. The fourth-order valence-corrected chi connectivity index (χ4v) is 2.30. The summed E-state index contributed by atoms with van der Waals surface area (Å²) in [5.41, 5.74) is 1.50. The number of hydrogen-bond donors (Lipinski definition) is 2. The second-order valence-electron chi connectivity index (χ2n) is 5.51. The molecule has 0 fully saturated rings. The molecule has 2 N–H and O–H groups in total. The van der Waals surface area contributed by atoms with Crippen LogP contribution in [0.3, 0.4) is 0 Å². The van der Waals surface area contributed by atoms with Crippen molar-refractivity contribution >= 4 is 11.6 Å². The van der Waals surface area contributed by atoms with Gasteiger partial charge in [0.25, 0.3) is 0 Å². The molecule has 1 atom stereocenters. The maximum Gasteiger partial charge on any atom is 0.224 e. The van der Waals surface area contributed by atoms with Crippen molar-refractivity contribution in [1.29, 1.82) is 5.26 Å². The highest BCUT2D eigenvalue weighted by Crippen LogP contribution is 2.27. The molecule has 1 heterocycles. The van der Waals surface area contributed by atoms with Gasteiger partial charge in [0.1, 0.15) is 11.3 Å². The minimum absolute atomic E-state index is 0.0685. The van der Waals surface area contributed by atoms with Crippen LogP contribution in [0, 0.1) is 11.3 Å². The van der Waals surface area contributed by atoms with Gasteiger partial charge in [-0.1, -0.05) is 0 Å². The number of nitrogens with one attached hydrogen (secondary N) is 2. The Kier molecular flexibility index (Phi) is 4.81. The van der Waals surface area contributed by atoms with E-state index in [9.17, 15) is 4.79 Å². The van der Waals surface area contributed by atoms with Crippen molar-refractivity contribution in [2.75, 3.05) is 19.0 Å². The predicted octanol–water partition coefficient (Wildman–Crippen LogP) is 2.23. The Hall–Kier alpha value is -2.06. The molecule has 1 aromatic rings. The number of nitriles is 1. The van der Waals surface area contributed by atoms with Gasteiger partial charge >= 0.3 is 0 Å². The van der Waals surface area contributed by atoms with Gasteiger partial charge < -0.3 is 15.4 Å². The maximum atomic E-state index is 11.3. The molecule has 0 radical (unpaired) electrons. The van der Waals surface area contributed by atoms with Crippen molar-refractivity contribution in [3.63, 3.8) is 0 Å². The average Bonchev–Trinajstić information content (AvgIpc) is 2.51. The summed E-state index contributed by atoms with van der Waals surface area (Å²) in [5.74, 6) is 0.882. The van der Waals surface area contributed by atoms with E-state index in [4.69, 9.17) is 10.00 Å². The highest BCUT2D eigenvalue weighted by molar-refractivity contribution is 5.93. The molecule has 1 amide bonds. The van der Waals surface area contributed by atoms with E-state index >= 15 is 0 Å². The molecule has 21 heavy (non-hydrogen) atoms. The Morgan fingerprint density at radius 1 is 1.48 bits per heavy atom. The van der Waals surface area contributed by atoms with Gasteiger partial charge in [-0.15, -0.1) is 0 Å². The van der Waals surface area contributed by atoms with E-state index < -0.39 is 5.54 Å². The number of benzene rings is 1. The maximum absolute atomic E-state index is 11.3. The van der Waals surface area contributed by atoms with Crippen molar-refractivity contribution in [3.8, 4) is 11.8 Å². The number of rotatable bonds is 6. The Morgan fingerprint density at radius 2 is 2.29 bits per heavy atom. The molecule has 1 aliphatic rings. The lowest BCUT2D eigenvalue weighted by molar-refractivity contribution is -0.116. The third kappa shape index (κ3) is 3.96. The molecule has 2 rings (SSSR count). The first-order valence-corrected chi connectivity index (χ1v) is 7.22. The van der Waals surface area contributed by atoms with Crippen LogP contribution in [0.25, 0.3) is 0 Å². The number of carbonyl (C=O) groups is 1. The van der Waals surface area contributed by atoms with Gasteiger partial charge in [-0.25, -0.2) is 0 Å². The van der Waals surface area contributed by atoms with E-state index in [-0.39, 0.29) is 5.91 Å². The van der Waals surface area contributed by atoms with E-state index in [2.05, 4.69) is 16.7 Å². The first-order chi connectivity index (χ1) is 10.1. The highest BCUT2D eigenvalue weighted by Gasteiger charge is 2.20. The number of fused-ring (bicyclic) bond motifs is 1. The van der Waals surface area contributed by atoms with Crippen molar-refractivity contribution in [2.45, 2.75) is 38.1 Å². The van der Waals surface area contributed by atoms with Crippen LogP contribution in [0.2, 0.25) is 0 Å². The summed E-state index contributed by atoms with van der Waals surface area (Å²) in [6.45, 7) is 2.46. The summed E-state index contributed by atoms with van der Waals surface area (Å²) < 4.78 is 5.73. The predicted molar refractivity (Wildman–Crippen MR) is 81.2 cm³/mol. The van der Waals surface area contributed by atoms with Crippen LogP contribution in [0.15, 0.2) is 18.2 Å². The van der Waals surface area contributed by atoms with Gasteiger partial charge in [-0.3, -0.25) is 4.79 Å². The lowest BCUT2D eigenvalue weighted by atomic mass is 9.98. The van der Waals surface area contributed by atoms with E-state index in [0.717, 1.165) is 36.3 Å². The largest absolute Gasteiger partial charge is 0.494 e. The number of ether oxygens (including phenoxy) is 1. The molecule has 112 valence electrons. The highest BCUT2D eigenvalue weighted by atomic mass is 16.5. The lowest BCUT2D eigenvalue weighted by Crippen LogP contribution is -2.38. The summed E-state index contributed by atoms with van der Waals surface area (Å²) in [6.07, 6.45) is 2.82. The van der Waals surface area contributed by atoms with Crippen LogP contribution in [-0.2, 0) is 11.2 Å². The minimum Gasteiger partial charge on any atom is -0.494 e. The van der Waals surface area contributed by atoms with Crippen LogP contribution in [0.4, 0.5) is 5.69 Å². The first kappa shape index (κ1) is 15.3. The summed E-state index contributed by atoms with van der Waals surface area (Å²) in [4.78, 5) is 11.3. The molecule has 1 aromatic carbocycles. The van der Waals surface area contributed by atoms with Gasteiger partial charge in [-0.05, 0) is 57.0 Å². The van der Waals surface area contributed by atoms with Gasteiger partial charge in [0, 0.05) is 12.1 Å². The quantitative estimate of drug-likeness (QED) is 0.787. The molecular formula is C16H21N3O2. The fourth-order valence-electron chi connectivity index (χ4n) is 2.30. The first-order valence-electron chi connectivity index (χ1n) is 7.22. The van der Waals surface area contributed by atoms with Crippen molar-refractivity contribution in [3.05, 3.63) is 23.8 Å². The normalized spacial score (nSPS) is 16.3. The van der Waals surface area contributed by atoms with Crippen molar-refractivity contribution in [1.82, 2.24) is 5.32 Å². The molecule has 0 aliphatic carbocycles. The van der Waals surface area contributed by atoms with Gasteiger partial charge in [0.2, 0.25) is 5.91 Å². The molecule has 1 unspecified atom stereocenters. The van der Waals surface area contributed by atoms with Crippen LogP contribution < -0.4 is 15.4 Å². The number of carbonyl (C=O) groups excluding carboxylic acids is 1. The minimum atomic E-state index is -0.497. The smallest absolute Gasteiger partial charge is 0.224 e. The fraction of sp³-hybridized carbons (Fsp3) is 0.500. The monoisotopic (exact) mass is 287 g/mol. The third-order valence-electron chi connectivity index (χ3n) is 3.86. The zero-order valence-corrected chi connectivity index (χ0v) is 12.5. The summed E-state index contributed by atoms with van der Waals surface area (Å²) >= 11 is 0. The van der Waals surface area contributed by atoms with E-state index in [0.29, 0.717) is 13.0 Å². The average molecular weight is 287 g/mol. The molecule has 0 spiro atoms. The standard InChI is InChI=1S/C16H21N3O2/c1-16(11-17,18-2)8-3-9-21-13-5-6-14-12(10-13)4-7-15(20)19-14/h5-6,10,18H,3-4,7-9H2,1-2H3,(H,19,20). The van der Waals surface area contributed by atoms with E-state index in [1.807, 2.05) is 25.1 Å². The second-order valence-corrected chi connectivity index (χ2v) is 5.51. The zero-order chi connectivity index (χ0) is 15.3. The van der Waals surface area contributed by atoms with Crippen LogP contribution in [0.1, 0.15) is 31.7 Å². The topological polar surface area (TPSA) is 74.1 Å². The van der Waals surface area contributed by atoms with Gasteiger partial charge in [0.05, 0.1) is 12.7 Å². The van der Waals surface area contributed by atoms with Crippen LogP contribution >= 0.6 is 0 Å². The Balaban J connectivity index is 1.85. The number of amides is 1. The zero-order valence-electron chi connectivity index (χ0n) is 12.5. The molecular weight excluding hydrogens is 266 g/mol. The van der Waals surface area contributed by atoms with E-state index in [1.54, 1.807) is 7.05 Å².